The Morgan fingerprint density at radius 1 is 1.36 bits per heavy atom. The van der Waals surface area contributed by atoms with Crippen LogP contribution in [-0.2, 0) is 0 Å². The Morgan fingerprint density at radius 2 is 2.20 bits per heavy atom. The van der Waals surface area contributed by atoms with Crippen LogP contribution in [0.2, 0.25) is 0 Å². The number of benzene rings is 1. The van der Waals surface area contributed by atoms with Crippen LogP contribution < -0.4 is 20.5 Å². The van der Waals surface area contributed by atoms with Crippen molar-refractivity contribution in [1.82, 2.24) is 14.9 Å². The van der Waals surface area contributed by atoms with Crippen LogP contribution in [0.1, 0.15) is 12.8 Å². The fraction of sp³-hybridized carbons (Fsp3) is 0.444. The number of nitrogens with one attached hydrogen (secondary N) is 1. The van der Waals surface area contributed by atoms with Crippen molar-refractivity contribution in [2.45, 2.75) is 18.9 Å². The molecular weight excluding hydrogens is 318 g/mol. The van der Waals surface area contributed by atoms with E-state index < -0.39 is 0 Å². The van der Waals surface area contributed by atoms with E-state index in [-0.39, 0.29) is 5.95 Å². The molecule has 1 atom stereocenters. The molecule has 2 aromatic rings. The molecule has 1 fully saturated rings. The second kappa shape index (κ2) is 7.57. The highest BCUT2D eigenvalue weighted by Crippen LogP contribution is 2.35. The number of likely N-dealkylation sites (tertiary alicyclic amines) is 1. The number of likely N-dealkylation sites (N-methyl/N-ethyl adjacent to an activating group) is 1. The largest absolute Gasteiger partial charge is 0.493 e. The number of hydrogen-bond acceptors (Lipinski definition) is 7. The van der Waals surface area contributed by atoms with Gasteiger partial charge in [0.2, 0.25) is 5.95 Å². The van der Waals surface area contributed by atoms with E-state index in [9.17, 15) is 0 Å². The van der Waals surface area contributed by atoms with Crippen molar-refractivity contribution in [1.29, 1.82) is 0 Å². The lowest BCUT2D eigenvalue weighted by Crippen LogP contribution is -2.30. The minimum Gasteiger partial charge on any atom is -0.493 e. The molecule has 1 aromatic carbocycles. The highest BCUT2D eigenvalue weighted by atomic mass is 16.5. The highest BCUT2D eigenvalue weighted by Gasteiger charge is 2.22. The van der Waals surface area contributed by atoms with Gasteiger partial charge in [-0.3, -0.25) is 0 Å². The zero-order valence-corrected chi connectivity index (χ0v) is 15.0. The summed E-state index contributed by atoms with van der Waals surface area (Å²) < 4.78 is 11.5. The Hall–Kier alpha value is -2.54. The van der Waals surface area contributed by atoms with Crippen molar-refractivity contribution >= 4 is 11.8 Å². The van der Waals surface area contributed by atoms with Crippen LogP contribution in [0.25, 0.3) is 11.1 Å². The number of methoxy groups -OCH3 is 1. The maximum absolute atomic E-state index is 6.09. The molecule has 1 saturated heterocycles. The molecule has 0 bridgehead atoms. The van der Waals surface area contributed by atoms with Crippen LogP contribution in [0.15, 0.2) is 24.4 Å². The molecule has 2 heterocycles. The summed E-state index contributed by atoms with van der Waals surface area (Å²) in [5, 5.41) is 3.06. The lowest BCUT2D eigenvalue weighted by atomic mass is 10.1. The van der Waals surface area contributed by atoms with E-state index in [0.717, 1.165) is 29.8 Å². The summed E-state index contributed by atoms with van der Waals surface area (Å²) >= 11 is 0. The number of nitrogen functional groups attached to an aromatic ring is 1. The van der Waals surface area contributed by atoms with Crippen molar-refractivity contribution in [3.63, 3.8) is 0 Å². The normalized spacial score (nSPS) is 17.5. The van der Waals surface area contributed by atoms with Crippen LogP contribution in [0.5, 0.6) is 11.5 Å². The summed E-state index contributed by atoms with van der Waals surface area (Å²) in [5.74, 6) is 2.35. The van der Waals surface area contributed by atoms with Crippen LogP contribution in [0, 0.1) is 0 Å². The first-order chi connectivity index (χ1) is 12.1. The lowest BCUT2D eigenvalue weighted by molar-refractivity contribution is 0.193. The first-order valence-electron chi connectivity index (χ1n) is 8.44. The zero-order chi connectivity index (χ0) is 17.8. The predicted octanol–water partition coefficient (Wildman–Crippen LogP) is 2.25. The molecule has 3 rings (SSSR count). The third kappa shape index (κ3) is 3.76. The van der Waals surface area contributed by atoms with Gasteiger partial charge in [0.1, 0.15) is 12.4 Å². The van der Waals surface area contributed by atoms with Crippen molar-refractivity contribution in [2.75, 3.05) is 45.4 Å². The van der Waals surface area contributed by atoms with E-state index in [4.69, 9.17) is 15.2 Å². The Balaban J connectivity index is 1.87. The Kier molecular flexibility index (Phi) is 5.23. The molecule has 1 aliphatic heterocycles. The van der Waals surface area contributed by atoms with E-state index >= 15 is 0 Å². The minimum atomic E-state index is 0.238. The van der Waals surface area contributed by atoms with E-state index in [1.165, 1.54) is 6.42 Å². The van der Waals surface area contributed by atoms with Crippen molar-refractivity contribution < 1.29 is 9.47 Å². The molecule has 0 aliphatic carbocycles. The van der Waals surface area contributed by atoms with E-state index in [1.807, 2.05) is 25.2 Å². The van der Waals surface area contributed by atoms with Gasteiger partial charge in [-0.2, -0.15) is 4.98 Å². The molecule has 1 aromatic heterocycles. The van der Waals surface area contributed by atoms with Crippen molar-refractivity contribution in [3.8, 4) is 22.6 Å². The molecule has 0 spiro atoms. The van der Waals surface area contributed by atoms with Gasteiger partial charge in [-0.05, 0) is 44.1 Å². The standard InChI is InChI=1S/C18H25N5O2/c1-20-17-14(10-21-18(19)22-17)12-6-7-15(24-3)16(9-12)25-11-13-5-4-8-23(13)2/h6-7,9-10,13H,4-5,8,11H2,1-3H3,(H3,19,20,21,22). The average Bonchev–Trinajstić information content (AvgIpc) is 3.04. The summed E-state index contributed by atoms with van der Waals surface area (Å²) in [4.78, 5) is 10.7. The van der Waals surface area contributed by atoms with E-state index in [2.05, 4.69) is 27.2 Å². The molecule has 3 N–H and O–H groups in total. The third-order valence-electron chi connectivity index (χ3n) is 4.62. The second-order valence-electron chi connectivity index (χ2n) is 6.19. The van der Waals surface area contributed by atoms with Gasteiger partial charge in [-0.25, -0.2) is 4.98 Å². The molecule has 0 radical (unpaired) electrons. The first-order valence-corrected chi connectivity index (χ1v) is 8.44. The number of anilines is 2. The number of ether oxygens (including phenoxy) is 2. The fourth-order valence-electron chi connectivity index (χ4n) is 3.13. The van der Waals surface area contributed by atoms with Gasteiger partial charge in [0, 0.05) is 24.8 Å². The molecule has 0 amide bonds. The van der Waals surface area contributed by atoms with Gasteiger partial charge in [0.25, 0.3) is 0 Å². The molecule has 1 unspecified atom stereocenters. The lowest BCUT2D eigenvalue weighted by Gasteiger charge is -2.21. The number of nitrogens with zero attached hydrogens (tertiary/aromatic N) is 3. The molecule has 7 nitrogen and oxygen atoms in total. The average molecular weight is 343 g/mol. The SMILES string of the molecule is CNc1nc(N)ncc1-c1ccc(OC)c(OCC2CCCN2C)c1. The van der Waals surface area contributed by atoms with Gasteiger partial charge in [0.15, 0.2) is 11.5 Å². The third-order valence-corrected chi connectivity index (χ3v) is 4.62. The summed E-state index contributed by atoms with van der Waals surface area (Å²) in [7, 11) is 5.59. The first kappa shape index (κ1) is 17.3. The summed E-state index contributed by atoms with van der Waals surface area (Å²) in [6.45, 7) is 1.77. The number of nitrogens with two attached hydrogens (primary N) is 1. The highest BCUT2D eigenvalue weighted by molar-refractivity contribution is 5.76. The van der Waals surface area contributed by atoms with Gasteiger partial charge in [0.05, 0.1) is 7.11 Å². The Morgan fingerprint density at radius 3 is 2.88 bits per heavy atom. The predicted molar refractivity (Wildman–Crippen MR) is 99.1 cm³/mol. The topological polar surface area (TPSA) is 85.5 Å². The molecule has 7 heteroatoms. The summed E-state index contributed by atoms with van der Waals surface area (Å²) in [6.07, 6.45) is 4.09. The van der Waals surface area contributed by atoms with E-state index in [1.54, 1.807) is 13.3 Å². The Bertz CT molecular complexity index is 737. The second-order valence-corrected chi connectivity index (χ2v) is 6.19. The van der Waals surface area contributed by atoms with Gasteiger partial charge >= 0.3 is 0 Å². The fourth-order valence-corrected chi connectivity index (χ4v) is 3.13. The summed E-state index contributed by atoms with van der Waals surface area (Å²) in [5.41, 5.74) is 7.48. The quantitative estimate of drug-likeness (QED) is 0.832. The van der Waals surface area contributed by atoms with Gasteiger partial charge in [-0.15, -0.1) is 0 Å². The van der Waals surface area contributed by atoms with Crippen LogP contribution >= 0.6 is 0 Å². The van der Waals surface area contributed by atoms with E-state index in [0.29, 0.717) is 24.2 Å². The monoisotopic (exact) mass is 343 g/mol. The van der Waals surface area contributed by atoms with Crippen LogP contribution in [0.4, 0.5) is 11.8 Å². The van der Waals surface area contributed by atoms with Crippen LogP contribution in [-0.4, -0.2) is 55.3 Å². The molecular formula is C18H25N5O2. The van der Waals surface area contributed by atoms with Crippen molar-refractivity contribution in [2.24, 2.45) is 0 Å². The molecule has 0 saturated carbocycles. The maximum atomic E-state index is 6.09. The minimum absolute atomic E-state index is 0.238. The molecule has 1 aliphatic rings. The van der Waals surface area contributed by atoms with Gasteiger partial charge < -0.3 is 25.4 Å². The summed E-state index contributed by atoms with van der Waals surface area (Å²) in [6, 6.07) is 6.27. The van der Waals surface area contributed by atoms with Crippen LogP contribution in [0.3, 0.4) is 0 Å². The Labute approximate surface area is 148 Å². The van der Waals surface area contributed by atoms with Gasteiger partial charge in [-0.1, -0.05) is 6.07 Å². The molecule has 134 valence electrons. The maximum Gasteiger partial charge on any atom is 0.221 e. The van der Waals surface area contributed by atoms with Crippen molar-refractivity contribution in [3.05, 3.63) is 24.4 Å². The smallest absolute Gasteiger partial charge is 0.221 e. The zero-order valence-electron chi connectivity index (χ0n) is 15.0. The number of aromatic nitrogens is 2. The number of rotatable bonds is 6. The molecule has 25 heavy (non-hydrogen) atoms. The number of hydrogen-bond donors (Lipinski definition) is 2.